The first-order valence-electron chi connectivity index (χ1n) is 5.81. The van der Waals surface area contributed by atoms with E-state index in [1.807, 2.05) is 0 Å². The van der Waals surface area contributed by atoms with Crippen LogP contribution < -0.4 is 11.3 Å². The molecule has 0 aliphatic rings. The van der Waals surface area contributed by atoms with E-state index in [9.17, 15) is 19.7 Å². The monoisotopic (exact) mass is 307 g/mol. The van der Waals surface area contributed by atoms with Gasteiger partial charge >= 0.3 is 0 Å². The van der Waals surface area contributed by atoms with Gasteiger partial charge in [0.25, 0.3) is 17.2 Å². The van der Waals surface area contributed by atoms with Gasteiger partial charge in [-0.2, -0.15) is 0 Å². The van der Waals surface area contributed by atoms with Gasteiger partial charge in [-0.3, -0.25) is 19.7 Å². The lowest BCUT2D eigenvalue weighted by molar-refractivity contribution is -0.385. The second-order valence-electron chi connectivity index (χ2n) is 4.29. The van der Waals surface area contributed by atoms with Gasteiger partial charge in [-0.1, -0.05) is 23.7 Å². The predicted molar refractivity (Wildman–Crippen MR) is 76.4 cm³/mol. The molecule has 1 aromatic heterocycles. The Morgan fingerprint density at radius 1 is 1.33 bits per heavy atom. The summed E-state index contributed by atoms with van der Waals surface area (Å²) in [6.07, 6.45) is 1.07. The predicted octanol–water partition coefficient (Wildman–Crippen LogP) is 1.56. The normalized spacial score (nSPS) is 10.3. The molecule has 108 valence electrons. The summed E-state index contributed by atoms with van der Waals surface area (Å²) < 4.78 is 1.07. The van der Waals surface area contributed by atoms with Crippen molar-refractivity contribution in [2.24, 2.45) is 5.73 Å². The molecule has 8 heteroatoms. The van der Waals surface area contributed by atoms with Crippen molar-refractivity contribution in [2.75, 3.05) is 0 Å². The van der Waals surface area contributed by atoms with E-state index in [1.165, 1.54) is 0 Å². The third-order valence-corrected chi connectivity index (χ3v) is 3.07. The molecule has 0 spiro atoms. The van der Waals surface area contributed by atoms with Crippen LogP contribution in [0, 0.1) is 10.1 Å². The third-order valence-electron chi connectivity index (χ3n) is 2.81. The van der Waals surface area contributed by atoms with Gasteiger partial charge in [0.15, 0.2) is 0 Å². The minimum Gasteiger partial charge on any atom is -0.365 e. The zero-order valence-electron chi connectivity index (χ0n) is 10.7. The summed E-state index contributed by atoms with van der Waals surface area (Å²) in [5.41, 5.74) is 4.31. The van der Waals surface area contributed by atoms with Crippen molar-refractivity contribution in [2.45, 2.75) is 6.54 Å². The molecule has 0 fully saturated rings. The minimum absolute atomic E-state index is 0.0674. The van der Waals surface area contributed by atoms with E-state index in [2.05, 4.69) is 0 Å². The summed E-state index contributed by atoms with van der Waals surface area (Å²) in [7, 11) is 0. The molecule has 0 saturated carbocycles. The average Bonchev–Trinajstić information content (AvgIpc) is 2.42. The van der Waals surface area contributed by atoms with E-state index >= 15 is 0 Å². The Labute approximate surface area is 123 Å². The molecule has 0 saturated heterocycles. The Morgan fingerprint density at radius 2 is 1.95 bits per heavy atom. The summed E-state index contributed by atoms with van der Waals surface area (Å²) in [5, 5.41) is 11.4. The van der Waals surface area contributed by atoms with Gasteiger partial charge < -0.3 is 10.3 Å². The highest BCUT2D eigenvalue weighted by atomic mass is 35.5. The molecule has 7 nitrogen and oxygen atoms in total. The number of nitrogens with zero attached hydrogens (tertiary/aromatic N) is 2. The van der Waals surface area contributed by atoms with E-state index in [1.54, 1.807) is 24.3 Å². The number of carbonyl (C=O) groups excluding carboxylic acids is 1. The molecular formula is C13H10ClN3O4. The van der Waals surface area contributed by atoms with Crippen molar-refractivity contribution in [3.8, 4) is 0 Å². The van der Waals surface area contributed by atoms with E-state index < -0.39 is 22.0 Å². The maximum atomic E-state index is 12.1. The Kier molecular flexibility index (Phi) is 4.04. The number of pyridine rings is 1. The van der Waals surface area contributed by atoms with Crippen LogP contribution in [-0.2, 0) is 6.54 Å². The fraction of sp³-hybridized carbons (Fsp3) is 0.0769. The van der Waals surface area contributed by atoms with Crippen molar-refractivity contribution in [3.05, 3.63) is 73.1 Å². The van der Waals surface area contributed by atoms with Gasteiger partial charge in [0.2, 0.25) is 0 Å². The van der Waals surface area contributed by atoms with Crippen LogP contribution in [0.15, 0.2) is 41.3 Å². The second kappa shape index (κ2) is 5.76. The summed E-state index contributed by atoms with van der Waals surface area (Å²) in [5.74, 6) is -1.01. The highest BCUT2D eigenvalue weighted by Gasteiger charge is 2.17. The van der Waals surface area contributed by atoms with Crippen LogP contribution in [0.1, 0.15) is 15.9 Å². The van der Waals surface area contributed by atoms with E-state index in [-0.39, 0.29) is 12.2 Å². The lowest BCUT2D eigenvalue weighted by atomic mass is 10.2. The largest absolute Gasteiger partial charge is 0.365 e. The maximum Gasteiger partial charge on any atom is 0.286 e. The first kappa shape index (κ1) is 14.7. The minimum atomic E-state index is -1.01. The smallest absolute Gasteiger partial charge is 0.286 e. The quantitative estimate of drug-likeness (QED) is 0.682. The maximum absolute atomic E-state index is 12.1. The zero-order valence-corrected chi connectivity index (χ0v) is 11.4. The molecule has 0 atom stereocenters. The highest BCUT2D eigenvalue weighted by molar-refractivity contribution is 6.30. The molecule has 0 bridgehead atoms. The number of nitrogens with two attached hydrogens (primary N) is 1. The fourth-order valence-corrected chi connectivity index (χ4v) is 1.93. The van der Waals surface area contributed by atoms with Crippen molar-refractivity contribution < 1.29 is 9.72 Å². The van der Waals surface area contributed by atoms with Crippen molar-refractivity contribution in [1.82, 2.24) is 4.57 Å². The number of benzene rings is 1. The molecule has 21 heavy (non-hydrogen) atoms. The first-order valence-corrected chi connectivity index (χ1v) is 6.19. The van der Waals surface area contributed by atoms with E-state index in [4.69, 9.17) is 17.3 Å². The number of nitro groups is 1. The number of aromatic nitrogens is 1. The van der Waals surface area contributed by atoms with Gasteiger partial charge in [-0.05, 0) is 17.7 Å². The molecule has 2 aromatic rings. The SMILES string of the molecule is NC(=O)c1cc([N+](=O)[O-])cn(Cc2ccc(Cl)cc2)c1=O. The molecule has 0 aliphatic carbocycles. The van der Waals surface area contributed by atoms with Crippen LogP contribution in [0.4, 0.5) is 5.69 Å². The summed E-state index contributed by atoms with van der Waals surface area (Å²) in [6.45, 7) is 0.0674. The molecule has 1 amide bonds. The third kappa shape index (κ3) is 3.26. The van der Waals surface area contributed by atoms with Crippen LogP contribution in [-0.4, -0.2) is 15.4 Å². The summed E-state index contributed by atoms with van der Waals surface area (Å²) in [4.78, 5) is 33.5. The number of carbonyl (C=O) groups is 1. The molecule has 0 radical (unpaired) electrons. The number of amides is 1. The lowest BCUT2D eigenvalue weighted by Crippen LogP contribution is -2.30. The number of hydrogen-bond donors (Lipinski definition) is 1. The first-order chi connectivity index (χ1) is 9.88. The number of halogens is 1. The standard InChI is InChI=1S/C13H10ClN3O4/c14-9-3-1-8(2-4-9)6-16-7-10(17(20)21)5-11(12(15)18)13(16)19/h1-5,7H,6H2,(H2,15,18). The zero-order chi connectivity index (χ0) is 15.6. The molecule has 0 unspecified atom stereocenters. The van der Waals surface area contributed by atoms with Crippen LogP contribution in [0.25, 0.3) is 0 Å². The van der Waals surface area contributed by atoms with Crippen LogP contribution in [0.5, 0.6) is 0 Å². The Morgan fingerprint density at radius 3 is 2.48 bits per heavy atom. The number of hydrogen-bond acceptors (Lipinski definition) is 4. The number of primary amides is 1. The number of rotatable bonds is 4. The van der Waals surface area contributed by atoms with E-state index in [0.29, 0.717) is 10.6 Å². The lowest BCUT2D eigenvalue weighted by Gasteiger charge is -2.07. The van der Waals surface area contributed by atoms with Crippen molar-refractivity contribution in [1.29, 1.82) is 0 Å². The summed E-state index contributed by atoms with van der Waals surface area (Å²) in [6, 6.07) is 7.50. The van der Waals surface area contributed by atoms with Crippen LogP contribution in [0.2, 0.25) is 5.02 Å². The molecule has 1 aromatic carbocycles. The topological polar surface area (TPSA) is 108 Å². The van der Waals surface area contributed by atoms with Crippen molar-refractivity contribution in [3.63, 3.8) is 0 Å². The average molecular weight is 308 g/mol. The molecule has 2 N–H and O–H groups in total. The van der Waals surface area contributed by atoms with Gasteiger partial charge in [0.1, 0.15) is 5.56 Å². The van der Waals surface area contributed by atoms with Crippen molar-refractivity contribution >= 4 is 23.2 Å². The fourth-order valence-electron chi connectivity index (χ4n) is 1.80. The Balaban J connectivity index is 2.51. The van der Waals surface area contributed by atoms with Gasteiger partial charge in [-0.25, -0.2) is 0 Å². The highest BCUT2D eigenvalue weighted by Crippen LogP contribution is 2.13. The second-order valence-corrected chi connectivity index (χ2v) is 4.73. The van der Waals surface area contributed by atoms with Gasteiger partial charge in [0.05, 0.1) is 17.7 Å². The Hall–Kier alpha value is -2.67. The Bertz CT molecular complexity index is 768. The van der Waals surface area contributed by atoms with Crippen LogP contribution >= 0.6 is 11.6 Å². The molecule has 0 aliphatic heterocycles. The van der Waals surface area contributed by atoms with E-state index in [0.717, 1.165) is 16.8 Å². The molecule has 2 rings (SSSR count). The molecule has 1 heterocycles. The van der Waals surface area contributed by atoms with Gasteiger partial charge in [-0.15, -0.1) is 0 Å². The van der Waals surface area contributed by atoms with Gasteiger partial charge in [0, 0.05) is 11.1 Å². The van der Waals surface area contributed by atoms with Crippen LogP contribution in [0.3, 0.4) is 0 Å². The summed E-state index contributed by atoms with van der Waals surface area (Å²) >= 11 is 5.76. The molecular weight excluding hydrogens is 298 g/mol.